The molecule has 0 amide bonds. The van der Waals surface area contributed by atoms with Crippen molar-refractivity contribution < 1.29 is 0 Å². The van der Waals surface area contributed by atoms with E-state index in [2.05, 4.69) is 47.6 Å². The lowest BCUT2D eigenvalue weighted by molar-refractivity contribution is -0.0336. The third-order valence-corrected chi connectivity index (χ3v) is 6.88. The normalized spacial score (nSPS) is 33.9. The second kappa shape index (κ2) is 4.38. The highest BCUT2D eigenvalue weighted by atomic mass is 15.2. The van der Waals surface area contributed by atoms with Gasteiger partial charge in [0.05, 0.1) is 6.04 Å². The Balaban J connectivity index is 1.85. The Morgan fingerprint density at radius 2 is 2.09 bits per heavy atom. The Morgan fingerprint density at radius 1 is 1.23 bits per heavy atom. The molecule has 116 valence electrons. The zero-order valence-corrected chi connectivity index (χ0v) is 13.8. The zero-order chi connectivity index (χ0) is 14.9. The molecule has 2 nitrogen and oxygen atoms in total. The Morgan fingerprint density at radius 3 is 2.95 bits per heavy atom. The number of fused-ring (bicyclic) bond motifs is 3. The molecular weight excluding hydrogens is 268 g/mol. The smallest absolute Gasteiger partial charge is 0.0561 e. The predicted molar refractivity (Wildman–Crippen MR) is 91.2 cm³/mol. The van der Waals surface area contributed by atoms with Gasteiger partial charge in [0.2, 0.25) is 0 Å². The molecule has 0 bridgehead atoms. The zero-order valence-electron chi connectivity index (χ0n) is 13.8. The highest BCUT2D eigenvalue weighted by Gasteiger charge is 2.52. The van der Waals surface area contributed by atoms with Crippen LogP contribution in [-0.2, 0) is 6.42 Å². The molecule has 0 aliphatic carbocycles. The summed E-state index contributed by atoms with van der Waals surface area (Å²) in [4.78, 5) is 2.82. The van der Waals surface area contributed by atoms with E-state index in [0.717, 1.165) is 0 Å². The fourth-order valence-electron chi connectivity index (χ4n) is 6.04. The molecule has 3 aliphatic heterocycles. The quantitative estimate of drug-likeness (QED) is 0.740. The van der Waals surface area contributed by atoms with Crippen molar-refractivity contribution in [2.75, 3.05) is 13.1 Å². The first kappa shape index (κ1) is 13.2. The van der Waals surface area contributed by atoms with Gasteiger partial charge in [-0.05, 0) is 62.6 Å². The fraction of sp³-hybridized carbons (Fsp3) is 0.600. The molecular formula is C20H26N2. The molecule has 0 N–H and O–H groups in total. The highest BCUT2D eigenvalue weighted by Crippen LogP contribution is 2.59. The van der Waals surface area contributed by atoms with E-state index in [0.29, 0.717) is 17.5 Å². The van der Waals surface area contributed by atoms with Gasteiger partial charge in [-0.1, -0.05) is 25.1 Å². The maximum absolute atomic E-state index is 2.82. The van der Waals surface area contributed by atoms with E-state index >= 15 is 0 Å². The lowest BCUT2D eigenvalue weighted by atomic mass is 9.63. The lowest BCUT2D eigenvalue weighted by Gasteiger charge is -2.56. The van der Waals surface area contributed by atoms with Gasteiger partial charge in [-0.3, -0.25) is 4.90 Å². The van der Waals surface area contributed by atoms with Gasteiger partial charge in [0.1, 0.15) is 0 Å². The summed E-state index contributed by atoms with van der Waals surface area (Å²) in [6, 6.07) is 10.5. The van der Waals surface area contributed by atoms with Crippen LogP contribution in [0.1, 0.15) is 62.9 Å². The Labute approximate surface area is 133 Å². The third-order valence-electron chi connectivity index (χ3n) is 6.88. The largest absolute Gasteiger partial charge is 0.340 e. The maximum atomic E-state index is 2.82. The topological polar surface area (TPSA) is 8.17 Å². The molecule has 2 aromatic rings. The van der Waals surface area contributed by atoms with Crippen molar-refractivity contribution in [2.45, 2.75) is 58.0 Å². The Kier molecular flexibility index (Phi) is 2.63. The molecule has 1 saturated heterocycles. The molecule has 4 heterocycles. The van der Waals surface area contributed by atoms with Gasteiger partial charge < -0.3 is 4.57 Å². The number of rotatable bonds is 1. The standard InChI is InChI=1S/C20H26N2/c1-3-20-10-6-11-21-12-9-16-15-7-4-5-8-17(15)22(14(2)13-20)18(16)19(20)21/h4-5,7-8,14,19H,3,6,9-13H2,1-2H3. The molecule has 0 radical (unpaired) electrons. The summed E-state index contributed by atoms with van der Waals surface area (Å²) in [5.41, 5.74) is 5.37. The second-order valence-electron chi connectivity index (χ2n) is 7.81. The van der Waals surface area contributed by atoms with E-state index in [1.807, 2.05) is 0 Å². The third kappa shape index (κ3) is 1.45. The van der Waals surface area contributed by atoms with Crippen molar-refractivity contribution in [1.29, 1.82) is 0 Å². The van der Waals surface area contributed by atoms with Gasteiger partial charge in [0.15, 0.2) is 0 Å². The van der Waals surface area contributed by atoms with E-state index in [-0.39, 0.29) is 0 Å². The first-order chi connectivity index (χ1) is 10.7. The molecule has 0 saturated carbocycles. The molecule has 3 atom stereocenters. The average molecular weight is 294 g/mol. The van der Waals surface area contributed by atoms with Crippen molar-refractivity contribution in [2.24, 2.45) is 5.41 Å². The molecule has 0 spiro atoms. The van der Waals surface area contributed by atoms with Crippen molar-refractivity contribution in [3.05, 3.63) is 35.5 Å². The molecule has 3 aliphatic rings. The molecule has 2 heteroatoms. The van der Waals surface area contributed by atoms with Crippen LogP contribution >= 0.6 is 0 Å². The van der Waals surface area contributed by atoms with Crippen molar-refractivity contribution in [3.63, 3.8) is 0 Å². The van der Waals surface area contributed by atoms with Gasteiger partial charge in [0.25, 0.3) is 0 Å². The van der Waals surface area contributed by atoms with Gasteiger partial charge >= 0.3 is 0 Å². The number of hydrogen-bond donors (Lipinski definition) is 0. The number of benzene rings is 1. The minimum Gasteiger partial charge on any atom is -0.340 e. The molecule has 1 fully saturated rings. The van der Waals surface area contributed by atoms with Crippen LogP contribution in [0.2, 0.25) is 0 Å². The van der Waals surface area contributed by atoms with Crippen molar-refractivity contribution in [3.8, 4) is 0 Å². The molecule has 3 unspecified atom stereocenters. The first-order valence-corrected chi connectivity index (χ1v) is 9.11. The van der Waals surface area contributed by atoms with Gasteiger partial charge in [-0.25, -0.2) is 0 Å². The number of piperidine rings is 1. The number of aromatic nitrogens is 1. The van der Waals surface area contributed by atoms with E-state index in [1.165, 1.54) is 56.1 Å². The highest BCUT2D eigenvalue weighted by molar-refractivity contribution is 5.86. The van der Waals surface area contributed by atoms with E-state index < -0.39 is 0 Å². The summed E-state index contributed by atoms with van der Waals surface area (Å²) >= 11 is 0. The fourth-order valence-corrected chi connectivity index (χ4v) is 6.04. The van der Waals surface area contributed by atoms with Crippen LogP contribution < -0.4 is 0 Å². The maximum Gasteiger partial charge on any atom is 0.0561 e. The average Bonchev–Trinajstić information content (AvgIpc) is 2.89. The second-order valence-corrected chi connectivity index (χ2v) is 7.81. The molecule has 1 aromatic carbocycles. The van der Waals surface area contributed by atoms with Crippen molar-refractivity contribution >= 4 is 10.9 Å². The van der Waals surface area contributed by atoms with Crippen LogP contribution in [0.25, 0.3) is 10.9 Å². The van der Waals surface area contributed by atoms with Gasteiger partial charge in [0, 0.05) is 29.2 Å². The molecule has 22 heavy (non-hydrogen) atoms. The van der Waals surface area contributed by atoms with Gasteiger partial charge in [-0.2, -0.15) is 0 Å². The van der Waals surface area contributed by atoms with E-state index in [9.17, 15) is 0 Å². The summed E-state index contributed by atoms with van der Waals surface area (Å²) in [5.74, 6) is 0. The van der Waals surface area contributed by atoms with Gasteiger partial charge in [-0.15, -0.1) is 0 Å². The van der Waals surface area contributed by atoms with E-state index in [4.69, 9.17) is 0 Å². The van der Waals surface area contributed by atoms with Crippen LogP contribution in [0.15, 0.2) is 24.3 Å². The predicted octanol–water partition coefficient (Wildman–Crippen LogP) is 4.70. The van der Waals surface area contributed by atoms with Crippen LogP contribution in [0.4, 0.5) is 0 Å². The molecule has 5 rings (SSSR count). The summed E-state index contributed by atoms with van der Waals surface area (Å²) in [7, 11) is 0. The van der Waals surface area contributed by atoms with E-state index in [1.54, 1.807) is 11.3 Å². The van der Waals surface area contributed by atoms with Crippen LogP contribution in [0.5, 0.6) is 0 Å². The number of hydrogen-bond acceptors (Lipinski definition) is 1. The summed E-state index contributed by atoms with van der Waals surface area (Å²) in [6.45, 7) is 7.46. The van der Waals surface area contributed by atoms with Crippen molar-refractivity contribution in [1.82, 2.24) is 9.47 Å². The first-order valence-electron chi connectivity index (χ1n) is 9.11. The van der Waals surface area contributed by atoms with Crippen LogP contribution in [0, 0.1) is 5.41 Å². The monoisotopic (exact) mass is 294 g/mol. The summed E-state index contributed by atoms with van der Waals surface area (Å²) in [6.07, 6.45) is 6.75. The van der Waals surface area contributed by atoms with Crippen LogP contribution in [-0.4, -0.2) is 22.6 Å². The number of nitrogens with zero attached hydrogens (tertiary/aromatic N) is 2. The Bertz CT molecular complexity index is 743. The summed E-state index contributed by atoms with van der Waals surface area (Å²) < 4.78 is 2.71. The number of para-hydroxylation sites is 1. The molecule has 1 aromatic heterocycles. The SMILES string of the molecule is CCC12CCCN3CCc4c(n(c5ccccc45)C(C)C1)C32. The lowest BCUT2D eigenvalue weighted by Crippen LogP contribution is -2.52. The minimum absolute atomic E-state index is 0.525. The minimum atomic E-state index is 0.525. The summed E-state index contributed by atoms with van der Waals surface area (Å²) in [5, 5.41) is 1.53. The Hall–Kier alpha value is -1.28. The van der Waals surface area contributed by atoms with Crippen LogP contribution in [0.3, 0.4) is 0 Å².